The lowest BCUT2D eigenvalue weighted by Crippen LogP contribution is -2.42. The van der Waals surface area contributed by atoms with E-state index in [0.717, 1.165) is 13.8 Å². The van der Waals surface area contributed by atoms with Gasteiger partial charge in [0, 0.05) is 33.9 Å². The molecule has 0 radical (unpaired) electrons. The molecule has 10 heteroatoms. The van der Waals surface area contributed by atoms with Crippen LogP contribution in [0.25, 0.3) is 0 Å². The topological polar surface area (TPSA) is 118 Å². The minimum absolute atomic E-state index is 0.275. The summed E-state index contributed by atoms with van der Waals surface area (Å²) in [6, 6.07) is 0. The molecule has 0 N–H and O–H groups in total. The average molecular weight is 375 g/mol. The van der Waals surface area contributed by atoms with Crippen molar-refractivity contribution in [2.75, 3.05) is 19.7 Å². The Bertz CT molecular complexity index is 532. The summed E-state index contributed by atoms with van der Waals surface area (Å²) in [4.78, 5) is 47.4. The molecule has 0 saturated carbocycles. The van der Waals surface area contributed by atoms with Gasteiger partial charge in [0.25, 0.3) is 0 Å². The molecule has 0 aliphatic carbocycles. The van der Waals surface area contributed by atoms with Crippen LogP contribution < -0.4 is 0 Å². The van der Waals surface area contributed by atoms with Crippen LogP contribution in [-0.2, 0) is 38.1 Å². The summed E-state index contributed by atoms with van der Waals surface area (Å²) >= 11 is 0. The number of esters is 3. The molecule has 1 saturated heterocycles. The quantitative estimate of drug-likeness (QED) is 0.466. The molecule has 0 spiro atoms. The Morgan fingerprint density at radius 3 is 1.81 bits per heavy atom. The molecule has 1 heterocycles. The van der Waals surface area contributed by atoms with Crippen molar-refractivity contribution in [3.63, 3.8) is 0 Å². The first-order valence-corrected chi connectivity index (χ1v) is 8.28. The highest BCUT2D eigenvalue weighted by molar-refractivity contribution is 5.69. The normalized spacial score (nSPS) is 24.5. The van der Waals surface area contributed by atoms with Gasteiger partial charge in [0.1, 0.15) is 12.7 Å². The van der Waals surface area contributed by atoms with Gasteiger partial charge in [0.05, 0.1) is 0 Å². The molecule has 148 valence electrons. The third kappa shape index (κ3) is 6.17. The van der Waals surface area contributed by atoms with E-state index in [2.05, 4.69) is 0 Å². The molecular weight excluding hydrogens is 350 g/mol. The van der Waals surface area contributed by atoms with Crippen LogP contribution in [0.15, 0.2) is 0 Å². The SMILES string of the molecule is CCN(CC)C(=O)OC[C@H]1O[C@@H](OC(C)=O)[C@H](OC(C)=O)[C@H]1OC(C)=O. The van der Waals surface area contributed by atoms with Gasteiger partial charge >= 0.3 is 24.0 Å². The van der Waals surface area contributed by atoms with E-state index < -0.39 is 48.6 Å². The highest BCUT2D eigenvalue weighted by Crippen LogP contribution is 2.28. The molecular formula is C16H25NO9. The van der Waals surface area contributed by atoms with Crippen molar-refractivity contribution in [3.05, 3.63) is 0 Å². The lowest BCUT2D eigenvalue weighted by molar-refractivity contribution is -0.196. The van der Waals surface area contributed by atoms with Crippen molar-refractivity contribution in [1.82, 2.24) is 4.90 Å². The fourth-order valence-corrected chi connectivity index (χ4v) is 2.46. The molecule has 1 aliphatic rings. The highest BCUT2D eigenvalue weighted by Gasteiger charge is 2.51. The van der Waals surface area contributed by atoms with Gasteiger partial charge in [-0.3, -0.25) is 14.4 Å². The van der Waals surface area contributed by atoms with Crippen LogP contribution in [-0.4, -0.2) is 73.2 Å². The third-order valence-corrected chi connectivity index (χ3v) is 3.55. The average Bonchev–Trinajstić information content (AvgIpc) is 2.82. The second-order valence-electron chi connectivity index (χ2n) is 5.55. The van der Waals surface area contributed by atoms with Crippen LogP contribution >= 0.6 is 0 Å². The Morgan fingerprint density at radius 2 is 1.35 bits per heavy atom. The zero-order valence-electron chi connectivity index (χ0n) is 15.6. The molecule has 0 aromatic heterocycles. The van der Waals surface area contributed by atoms with E-state index >= 15 is 0 Å². The number of ether oxygens (including phenoxy) is 5. The van der Waals surface area contributed by atoms with E-state index in [4.69, 9.17) is 23.7 Å². The molecule has 0 aromatic rings. The standard InChI is InChI=1S/C16H25NO9/c1-6-17(7-2)16(21)22-8-12-13(23-9(3)18)14(24-10(4)19)15(26-12)25-11(5)20/h12-15H,6-8H2,1-5H3/t12-,13+,14-,15-/m1/s1. The second kappa shape index (κ2) is 9.95. The largest absolute Gasteiger partial charge is 0.455 e. The molecule has 0 bridgehead atoms. The Kier molecular flexibility index (Phi) is 8.30. The summed E-state index contributed by atoms with van der Waals surface area (Å²) < 4.78 is 25.9. The van der Waals surface area contributed by atoms with Gasteiger partial charge in [-0.05, 0) is 13.8 Å². The second-order valence-corrected chi connectivity index (χ2v) is 5.55. The number of nitrogens with zero attached hydrogens (tertiary/aromatic N) is 1. The van der Waals surface area contributed by atoms with Crippen molar-refractivity contribution >= 4 is 24.0 Å². The number of amides is 1. The number of hydrogen-bond donors (Lipinski definition) is 0. The van der Waals surface area contributed by atoms with Crippen LogP contribution in [0.3, 0.4) is 0 Å². The molecule has 1 fully saturated rings. The summed E-state index contributed by atoms with van der Waals surface area (Å²) in [6.45, 7) is 7.72. The van der Waals surface area contributed by atoms with Gasteiger partial charge in [0.15, 0.2) is 6.10 Å². The maximum absolute atomic E-state index is 12.0. The maximum atomic E-state index is 12.0. The smallest absolute Gasteiger partial charge is 0.409 e. The summed E-state index contributed by atoms with van der Waals surface area (Å²) in [6.07, 6.45) is -5.08. The molecule has 1 aliphatic heterocycles. The fourth-order valence-electron chi connectivity index (χ4n) is 2.46. The van der Waals surface area contributed by atoms with Crippen LogP contribution in [0.4, 0.5) is 4.79 Å². The fraction of sp³-hybridized carbons (Fsp3) is 0.750. The van der Waals surface area contributed by atoms with Gasteiger partial charge in [-0.15, -0.1) is 0 Å². The van der Waals surface area contributed by atoms with Gasteiger partial charge in [-0.2, -0.15) is 0 Å². The first-order chi connectivity index (χ1) is 12.2. The molecule has 10 nitrogen and oxygen atoms in total. The van der Waals surface area contributed by atoms with Crippen molar-refractivity contribution < 1.29 is 42.9 Å². The van der Waals surface area contributed by atoms with E-state index in [9.17, 15) is 19.2 Å². The molecule has 1 amide bonds. The van der Waals surface area contributed by atoms with Gasteiger partial charge in [-0.25, -0.2) is 4.79 Å². The zero-order valence-corrected chi connectivity index (χ0v) is 15.6. The van der Waals surface area contributed by atoms with Crippen LogP contribution in [0.5, 0.6) is 0 Å². The predicted molar refractivity (Wildman–Crippen MR) is 85.8 cm³/mol. The number of carbonyl (C=O) groups excluding carboxylic acids is 4. The molecule has 0 unspecified atom stereocenters. The maximum Gasteiger partial charge on any atom is 0.409 e. The van der Waals surface area contributed by atoms with E-state index in [0.29, 0.717) is 13.1 Å². The van der Waals surface area contributed by atoms with Crippen LogP contribution in [0.2, 0.25) is 0 Å². The van der Waals surface area contributed by atoms with Gasteiger partial charge in [0.2, 0.25) is 12.4 Å². The van der Waals surface area contributed by atoms with Crippen molar-refractivity contribution in [2.24, 2.45) is 0 Å². The Hall–Kier alpha value is -2.36. The Balaban J connectivity index is 2.91. The first kappa shape index (κ1) is 21.7. The minimum atomic E-state index is -1.28. The monoisotopic (exact) mass is 375 g/mol. The lowest BCUT2D eigenvalue weighted by atomic mass is 10.1. The number of rotatable bonds is 7. The van der Waals surface area contributed by atoms with E-state index in [1.54, 1.807) is 13.8 Å². The van der Waals surface area contributed by atoms with E-state index in [-0.39, 0.29) is 6.61 Å². The van der Waals surface area contributed by atoms with Crippen molar-refractivity contribution in [3.8, 4) is 0 Å². The Labute approximate surface area is 151 Å². The van der Waals surface area contributed by atoms with Crippen LogP contribution in [0, 0.1) is 0 Å². The third-order valence-electron chi connectivity index (χ3n) is 3.55. The summed E-state index contributed by atoms with van der Waals surface area (Å²) in [5.41, 5.74) is 0. The molecule has 26 heavy (non-hydrogen) atoms. The number of carbonyl (C=O) groups is 4. The highest BCUT2D eigenvalue weighted by atomic mass is 16.8. The minimum Gasteiger partial charge on any atom is -0.455 e. The zero-order chi connectivity index (χ0) is 19.9. The molecule has 0 aromatic carbocycles. The summed E-state index contributed by atoms with van der Waals surface area (Å²) in [7, 11) is 0. The number of hydrogen-bond acceptors (Lipinski definition) is 9. The Morgan fingerprint density at radius 1 is 0.846 bits per heavy atom. The predicted octanol–water partition coefficient (Wildman–Crippen LogP) is 0.616. The van der Waals surface area contributed by atoms with Gasteiger partial charge < -0.3 is 28.6 Å². The molecule has 4 atom stereocenters. The van der Waals surface area contributed by atoms with Crippen molar-refractivity contribution in [2.45, 2.75) is 59.2 Å². The first-order valence-electron chi connectivity index (χ1n) is 8.28. The van der Waals surface area contributed by atoms with Gasteiger partial charge in [-0.1, -0.05) is 0 Å². The van der Waals surface area contributed by atoms with Crippen molar-refractivity contribution in [1.29, 1.82) is 0 Å². The van der Waals surface area contributed by atoms with E-state index in [1.165, 1.54) is 11.8 Å². The summed E-state index contributed by atoms with van der Waals surface area (Å²) in [5.74, 6) is -2.00. The van der Waals surface area contributed by atoms with Crippen LogP contribution in [0.1, 0.15) is 34.6 Å². The summed E-state index contributed by atoms with van der Waals surface area (Å²) in [5, 5.41) is 0. The van der Waals surface area contributed by atoms with E-state index in [1.807, 2.05) is 0 Å². The lowest BCUT2D eigenvalue weighted by Gasteiger charge is -2.23. The molecule has 1 rings (SSSR count).